The highest BCUT2D eigenvalue weighted by atomic mass is 16.3. The van der Waals surface area contributed by atoms with E-state index in [0.717, 1.165) is 31.5 Å². The third-order valence-corrected chi connectivity index (χ3v) is 3.94. The third-order valence-electron chi connectivity index (χ3n) is 3.94. The molecule has 0 aliphatic heterocycles. The first-order chi connectivity index (χ1) is 10.1. The van der Waals surface area contributed by atoms with Crippen LogP contribution in [0.15, 0.2) is 12.4 Å². The monoisotopic (exact) mass is 292 g/mol. The van der Waals surface area contributed by atoms with Crippen LogP contribution in [0.3, 0.4) is 0 Å². The first-order valence-electron chi connectivity index (χ1n) is 7.68. The average molecular weight is 292 g/mol. The van der Waals surface area contributed by atoms with Gasteiger partial charge in [-0.15, -0.1) is 0 Å². The van der Waals surface area contributed by atoms with Crippen LogP contribution in [0.4, 0.5) is 10.5 Å². The van der Waals surface area contributed by atoms with Gasteiger partial charge in [0.2, 0.25) is 0 Å². The fourth-order valence-corrected chi connectivity index (χ4v) is 2.33. The first kappa shape index (κ1) is 15.7. The molecule has 1 aliphatic rings. The number of carbonyl (C=O) groups is 1. The normalized spacial score (nSPS) is 15.8. The lowest BCUT2D eigenvalue weighted by atomic mass is 9.97. The zero-order chi connectivity index (χ0) is 15.2. The van der Waals surface area contributed by atoms with Crippen LogP contribution < -0.4 is 10.6 Å². The molecule has 1 aromatic heterocycles. The number of aromatic nitrogens is 2. The number of hydrogen-bond acceptors (Lipinski definition) is 4. The Balaban J connectivity index is 1.75. The fourth-order valence-electron chi connectivity index (χ4n) is 2.33. The summed E-state index contributed by atoms with van der Waals surface area (Å²) < 4.78 is 0. The zero-order valence-corrected chi connectivity index (χ0v) is 12.7. The van der Waals surface area contributed by atoms with Crippen LogP contribution in [0, 0.1) is 5.92 Å². The zero-order valence-electron chi connectivity index (χ0n) is 12.7. The van der Waals surface area contributed by atoms with Gasteiger partial charge in [-0.05, 0) is 18.8 Å². The second kappa shape index (κ2) is 7.36. The Morgan fingerprint density at radius 1 is 1.33 bits per heavy atom. The minimum Gasteiger partial charge on any atom is -0.391 e. The quantitative estimate of drug-likeness (QED) is 0.719. The first-order valence-corrected chi connectivity index (χ1v) is 7.68. The summed E-state index contributed by atoms with van der Waals surface area (Å²) in [5.41, 5.74) is 0.564. The lowest BCUT2D eigenvalue weighted by Gasteiger charge is -2.20. The maximum absolute atomic E-state index is 11.8. The van der Waals surface area contributed by atoms with Crippen molar-refractivity contribution in [3.05, 3.63) is 18.2 Å². The summed E-state index contributed by atoms with van der Waals surface area (Å²) >= 11 is 0. The number of rotatable bonds is 7. The van der Waals surface area contributed by atoms with Gasteiger partial charge >= 0.3 is 6.03 Å². The highest BCUT2D eigenvalue weighted by Gasteiger charge is 2.26. The standard InChI is InChI=1S/C15H24N4O2/c1-3-10(4-2)13(20)9-18-15(21)19-12-7-16-14(17-8-12)11-5-6-11/h7-8,10-11,13,20H,3-6,9H2,1-2H3,(H2,18,19,21). The molecule has 3 N–H and O–H groups in total. The van der Waals surface area contributed by atoms with E-state index < -0.39 is 6.10 Å². The molecule has 1 aliphatic carbocycles. The smallest absolute Gasteiger partial charge is 0.319 e. The Kier molecular flexibility index (Phi) is 5.50. The second-order valence-corrected chi connectivity index (χ2v) is 5.58. The number of nitrogens with one attached hydrogen (secondary N) is 2. The van der Waals surface area contributed by atoms with E-state index in [2.05, 4.69) is 20.6 Å². The van der Waals surface area contributed by atoms with E-state index in [1.165, 1.54) is 0 Å². The van der Waals surface area contributed by atoms with Gasteiger partial charge in [0.15, 0.2) is 0 Å². The summed E-state index contributed by atoms with van der Waals surface area (Å²) in [5, 5.41) is 15.3. The minimum absolute atomic E-state index is 0.214. The Morgan fingerprint density at radius 3 is 2.48 bits per heavy atom. The molecule has 0 bridgehead atoms. The Hall–Kier alpha value is -1.69. The third kappa shape index (κ3) is 4.67. The highest BCUT2D eigenvalue weighted by molar-refractivity contribution is 5.88. The molecule has 6 heteroatoms. The number of amides is 2. The Morgan fingerprint density at radius 2 is 1.95 bits per heavy atom. The molecule has 1 aromatic rings. The SMILES string of the molecule is CCC(CC)C(O)CNC(=O)Nc1cnc(C2CC2)nc1. The van der Waals surface area contributed by atoms with Gasteiger partial charge in [-0.25, -0.2) is 14.8 Å². The molecule has 1 heterocycles. The van der Waals surface area contributed by atoms with E-state index in [1.807, 2.05) is 13.8 Å². The molecule has 1 fully saturated rings. The van der Waals surface area contributed by atoms with Crippen LogP contribution in [-0.4, -0.2) is 33.8 Å². The lowest BCUT2D eigenvalue weighted by Crippen LogP contribution is -2.38. The van der Waals surface area contributed by atoms with Gasteiger partial charge in [-0.1, -0.05) is 26.7 Å². The number of urea groups is 1. The molecule has 2 rings (SSSR count). The molecule has 1 saturated carbocycles. The topological polar surface area (TPSA) is 87.1 Å². The number of carbonyl (C=O) groups excluding carboxylic acids is 1. The molecule has 2 amide bonds. The van der Waals surface area contributed by atoms with E-state index in [4.69, 9.17) is 0 Å². The van der Waals surface area contributed by atoms with E-state index in [9.17, 15) is 9.90 Å². The van der Waals surface area contributed by atoms with E-state index in [-0.39, 0.29) is 18.5 Å². The van der Waals surface area contributed by atoms with Crippen LogP contribution in [0.2, 0.25) is 0 Å². The van der Waals surface area contributed by atoms with Crippen LogP contribution in [0.25, 0.3) is 0 Å². The number of anilines is 1. The minimum atomic E-state index is -0.515. The number of aliphatic hydroxyl groups is 1. The second-order valence-electron chi connectivity index (χ2n) is 5.58. The molecule has 0 spiro atoms. The van der Waals surface area contributed by atoms with Gasteiger partial charge in [0.1, 0.15) is 5.82 Å². The molecule has 1 atom stereocenters. The van der Waals surface area contributed by atoms with Crippen molar-refractivity contribution >= 4 is 11.7 Å². The maximum Gasteiger partial charge on any atom is 0.319 e. The van der Waals surface area contributed by atoms with Gasteiger partial charge in [0.25, 0.3) is 0 Å². The Labute approximate surface area is 125 Å². The van der Waals surface area contributed by atoms with E-state index >= 15 is 0 Å². The van der Waals surface area contributed by atoms with Gasteiger partial charge in [0.05, 0.1) is 24.2 Å². The van der Waals surface area contributed by atoms with Crippen molar-refractivity contribution in [2.24, 2.45) is 5.92 Å². The van der Waals surface area contributed by atoms with Crippen molar-refractivity contribution in [1.82, 2.24) is 15.3 Å². The van der Waals surface area contributed by atoms with E-state index in [1.54, 1.807) is 12.4 Å². The molecule has 21 heavy (non-hydrogen) atoms. The number of hydrogen-bond donors (Lipinski definition) is 3. The van der Waals surface area contributed by atoms with E-state index in [0.29, 0.717) is 11.6 Å². The van der Waals surface area contributed by atoms with Crippen LogP contribution in [0.1, 0.15) is 51.3 Å². The van der Waals surface area contributed by atoms with Gasteiger partial charge in [-0.3, -0.25) is 0 Å². The molecular formula is C15H24N4O2. The predicted octanol–water partition coefficient (Wildman–Crippen LogP) is 2.27. The summed E-state index contributed by atoms with van der Waals surface area (Å²) in [7, 11) is 0. The van der Waals surface area contributed by atoms with Crippen molar-refractivity contribution in [3.8, 4) is 0 Å². The van der Waals surface area contributed by atoms with Crippen molar-refractivity contribution in [3.63, 3.8) is 0 Å². The summed E-state index contributed by atoms with van der Waals surface area (Å²) in [5.74, 6) is 1.57. The van der Waals surface area contributed by atoms with Crippen molar-refractivity contribution in [2.75, 3.05) is 11.9 Å². The average Bonchev–Trinajstić information content (AvgIpc) is 3.32. The number of aliphatic hydroxyl groups excluding tert-OH is 1. The molecular weight excluding hydrogens is 268 g/mol. The lowest BCUT2D eigenvalue weighted by molar-refractivity contribution is 0.104. The molecule has 0 radical (unpaired) electrons. The maximum atomic E-state index is 11.8. The Bertz CT molecular complexity index is 455. The van der Waals surface area contributed by atoms with Crippen molar-refractivity contribution < 1.29 is 9.90 Å². The summed E-state index contributed by atoms with van der Waals surface area (Å²) in [6, 6.07) is -0.345. The predicted molar refractivity (Wildman–Crippen MR) is 81.1 cm³/mol. The molecule has 0 saturated heterocycles. The van der Waals surface area contributed by atoms with Crippen molar-refractivity contribution in [1.29, 1.82) is 0 Å². The molecule has 0 aromatic carbocycles. The molecule has 116 valence electrons. The molecule has 6 nitrogen and oxygen atoms in total. The molecule has 1 unspecified atom stereocenters. The van der Waals surface area contributed by atoms with Gasteiger partial charge < -0.3 is 15.7 Å². The highest BCUT2D eigenvalue weighted by Crippen LogP contribution is 2.37. The number of nitrogens with zero attached hydrogens (tertiary/aromatic N) is 2. The largest absolute Gasteiger partial charge is 0.391 e. The summed E-state index contributed by atoms with van der Waals surface area (Å²) in [6.07, 6.45) is 6.84. The van der Waals surface area contributed by atoms with Crippen LogP contribution >= 0.6 is 0 Å². The fraction of sp³-hybridized carbons (Fsp3) is 0.667. The summed E-state index contributed by atoms with van der Waals surface area (Å²) in [4.78, 5) is 20.2. The van der Waals surface area contributed by atoms with Crippen molar-refractivity contribution in [2.45, 2.75) is 51.6 Å². The summed E-state index contributed by atoms with van der Waals surface area (Å²) in [6.45, 7) is 4.33. The van der Waals surface area contributed by atoms with Gasteiger partial charge in [-0.2, -0.15) is 0 Å². The van der Waals surface area contributed by atoms with Gasteiger partial charge in [0, 0.05) is 12.5 Å². The van der Waals surface area contributed by atoms with Crippen LogP contribution in [-0.2, 0) is 0 Å². The van der Waals surface area contributed by atoms with Crippen LogP contribution in [0.5, 0.6) is 0 Å².